The molecule has 0 radical (unpaired) electrons. The minimum atomic E-state index is -0.201. The molecule has 1 N–H and O–H groups in total. The molecule has 1 aliphatic rings. The number of hydrogen-bond donors (Lipinski definition) is 1. The van der Waals surface area contributed by atoms with Crippen LogP contribution in [0.5, 0.6) is 0 Å². The zero-order valence-electron chi connectivity index (χ0n) is 11.0. The molecule has 2 aromatic rings. The Labute approximate surface area is 115 Å². The predicted molar refractivity (Wildman–Crippen MR) is 72.2 cm³/mol. The highest BCUT2D eigenvalue weighted by molar-refractivity contribution is 5.76. The van der Waals surface area contributed by atoms with Crippen LogP contribution in [0.15, 0.2) is 29.1 Å². The number of morpholine rings is 1. The largest absolute Gasteiger partial charge is 0.394 e. The molecule has 0 spiro atoms. The van der Waals surface area contributed by atoms with Crippen molar-refractivity contribution in [2.45, 2.75) is 12.8 Å². The van der Waals surface area contributed by atoms with E-state index < -0.39 is 0 Å². The molecule has 0 amide bonds. The normalized spacial score (nSPS) is 20.4. The van der Waals surface area contributed by atoms with E-state index in [9.17, 15) is 4.79 Å². The summed E-state index contributed by atoms with van der Waals surface area (Å²) in [5, 5.41) is 17.7. The van der Waals surface area contributed by atoms with E-state index in [1.54, 1.807) is 12.1 Å². The second-order valence-electron chi connectivity index (χ2n) is 4.81. The van der Waals surface area contributed by atoms with Crippen molar-refractivity contribution in [2.24, 2.45) is 0 Å². The monoisotopic (exact) mass is 276 g/mol. The number of rotatable bonds is 3. The highest BCUT2D eigenvalue weighted by atomic mass is 16.5. The van der Waals surface area contributed by atoms with Crippen molar-refractivity contribution in [3.8, 4) is 0 Å². The summed E-state index contributed by atoms with van der Waals surface area (Å²) < 4.78 is 6.73. The highest BCUT2D eigenvalue weighted by Gasteiger charge is 2.20. The fourth-order valence-corrected chi connectivity index (χ4v) is 2.32. The summed E-state index contributed by atoms with van der Waals surface area (Å²) in [4.78, 5) is 14.3. The molecular formula is C13H16N4O3. The summed E-state index contributed by atoms with van der Waals surface area (Å²) in [6.45, 7) is 2.17. The number of ether oxygens (including phenoxy) is 1. The van der Waals surface area contributed by atoms with Crippen molar-refractivity contribution in [3.63, 3.8) is 0 Å². The van der Waals surface area contributed by atoms with Crippen LogP contribution in [-0.4, -0.2) is 57.4 Å². The van der Waals surface area contributed by atoms with E-state index in [4.69, 9.17) is 9.84 Å². The van der Waals surface area contributed by atoms with Crippen molar-refractivity contribution in [2.75, 3.05) is 26.3 Å². The van der Waals surface area contributed by atoms with Gasteiger partial charge in [0.2, 0.25) is 0 Å². The van der Waals surface area contributed by atoms with Crippen LogP contribution in [-0.2, 0) is 11.4 Å². The topological polar surface area (TPSA) is 80.5 Å². The fourth-order valence-electron chi connectivity index (χ4n) is 2.32. The smallest absolute Gasteiger partial charge is 0.278 e. The first kappa shape index (κ1) is 13.2. The molecule has 1 aromatic carbocycles. The number of aliphatic hydroxyl groups is 1. The summed E-state index contributed by atoms with van der Waals surface area (Å²) in [5.74, 6) is 0. The van der Waals surface area contributed by atoms with Crippen molar-refractivity contribution in [1.82, 2.24) is 19.9 Å². The Hall–Kier alpha value is -1.83. The Bertz CT molecular complexity index is 657. The third-order valence-electron chi connectivity index (χ3n) is 3.39. The molecule has 1 saturated heterocycles. The van der Waals surface area contributed by atoms with Crippen LogP contribution in [0.25, 0.3) is 10.9 Å². The Balaban J connectivity index is 1.84. The van der Waals surface area contributed by atoms with E-state index >= 15 is 0 Å². The van der Waals surface area contributed by atoms with Crippen molar-refractivity contribution in [3.05, 3.63) is 34.6 Å². The summed E-state index contributed by atoms with van der Waals surface area (Å²) in [6, 6.07) is 7.16. The van der Waals surface area contributed by atoms with Crippen LogP contribution < -0.4 is 5.56 Å². The molecule has 1 aliphatic heterocycles. The molecule has 1 aromatic heterocycles. The average molecular weight is 276 g/mol. The van der Waals surface area contributed by atoms with Gasteiger partial charge in [-0.1, -0.05) is 17.3 Å². The van der Waals surface area contributed by atoms with E-state index in [0.717, 1.165) is 0 Å². The third-order valence-corrected chi connectivity index (χ3v) is 3.39. The van der Waals surface area contributed by atoms with Gasteiger partial charge in [-0.15, -0.1) is 5.10 Å². The maximum Gasteiger partial charge on any atom is 0.278 e. The summed E-state index contributed by atoms with van der Waals surface area (Å²) in [7, 11) is 0. The Morgan fingerprint density at radius 1 is 1.40 bits per heavy atom. The van der Waals surface area contributed by atoms with Gasteiger partial charge < -0.3 is 9.84 Å². The molecule has 2 heterocycles. The number of hydrogen-bond acceptors (Lipinski definition) is 6. The van der Waals surface area contributed by atoms with E-state index in [1.165, 1.54) is 4.68 Å². The predicted octanol–water partition coefficient (Wildman–Crippen LogP) is -0.558. The molecule has 1 fully saturated rings. The Morgan fingerprint density at radius 2 is 2.25 bits per heavy atom. The van der Waals surface area contributed by atoms with Gasteiger partial charge in [-0.2, -0.15) is 4.68 Å². The number of fused-ring (bicyclic) bond motifs is 1. The lowest BCUT2D eigenvalue weighted by atomic mass is 10.2. The van der Waals surface area contributed by atoms with E-state index in [2.05, 4.69) is 10.3 Å². The minimum absolute atomic E-state index is 0.0190. The molecule has 0 bridgehead atoms. The Kier molecular flexibility index (Phi) is 3.72. The fraction of sp³-hybridized carbons (Fsp3) is 0.462. The molecule has 3 rings (SSSR count). The quantitative estimate of drug-likeness (QED) is 0.809. The maximum absolute atomic E-state index is 12.3. The van der Waals surface area contributed by atoms with Gasteiger partial charge in [0.1, 0.15) is 5.52 Å². The zero-order valence-corrected chi connectivity index (χ0v) is 11.0. The van der Waals surface area contributed by atoms with Crippen molar-refractivity contribution in [1.29, 1.82) is 0 Å². The SMILES string of the molecule is O=c1c2ccccc2nnn1CN1CCOC(CO)C1. The molecule has 7 heteroatoms. The van der Waals surface area contributed by atoms with Crippen LogP contribution in [0, 0.1) is 0 Å². The van der Waals surface area contributed by atoms with Crippen LogP contribution >= 0.6 is 0 Å². The second kappa shape index (κ2) is 5.66. The lowest BCUT2D eigenvalue weighted by Gasteiger charge is -2.31. The zero-order chi connectivity index (χ0) is 13.9. The third kappa shape index (κ3) is 2.55. The molecule has 7 nitrogen and oxygen atoms in total. The first-order valence-electron chi connectivity index (χ1n) is 6.55. The van der Waals surface area contributed by atoms with Gasteiger partial charge in [0.25, 0.3) is 5.56 Å². The van der Waals surface area contributed by atoms with Crippen molar-refractivity contribution >= 4 is 10.9 Å². The number of nitrogens with zero attached hydrogens (tertiary/aromatic N) is 4. The Morgan fingerprint density at radius 3 is 3.10 bits per heavy atom. The van der Waals surface area contributed by atoms with Gasteiger partial charge in [0.05, 0.1) is 31.4 Å². The molecule has 1 unspecified atom stereocenters. The van der Waals surface area contributed by atoms with Crippen molar-refractivity contribution < 1.29 is 9.84 Å². The highest BCUT2D eigenvalue weighted by Crippen LogP contribution is 2.06. The lowest BCUT2D eigenvalue weighted by Crippen LogP contribution is -2.46. The molecular weight excluding hydrogens is 260 g/mol. The number of benzene rings is 1. The number of aliphatic hydroxyl groups excluding tert-OH is 1. The summed E-state index contributed by atoms with van der Waals surface area (Å²) in [5.41, 5.74) is 0.451. The van der Waals surface area contributed by atoms with E-state index in [0.29, 0.717) is 37.3 Å². The molecule has 0 aliphatic carbocycles. The molecule has 1 atom stereocenters. The van der Waals surface area contributed by atoms with Gasteiger partial charge in [-0.05, 0) is 12.1 Å². The van der Waals surface area contributed by atoms with Crippen LogP contribution in [0.4, 0.5) is 0 Å². The minimum Gasteiger partial charge on any atom is -0.394 e. The van der Waals surface area contributed by atoms with Gasteiger partial charge in [0, 0.05) is 13.1 Å². The molecule has 106 valence electrons. The van der Waals surface area contributed by atoms with Gasteiger partial charge in [-0.25, -0.2) is 0 Å². The van der Waals surface area contributed by atoms with E-state index in [-0.39, 0.29) is 18.3 Å². The first-order valence-corrected chi connectivity index (χ1v) is 6.55. The first-order chi connectivity index (χ1) is 9.78. The molecule has 0 saturated carbocycles. The van der Waals surface area contributed by atoms with Crippen LogP contribution in [0.1, 0.15) is 0 Å². The van der Waals surface area contributed by atoms with Crippen LogP contribution in [0.2, 0.25) is 0 Å². The molecule has 20 heavy (non-hydrogen) atoms. The standard InChI is InChI=1S/C13H16N4O3/c18-8-10-7-16(5-6-20-10)9-17-13(19)11-3-1-2-4-12(11)14-15-17/h1-4,10,18H,5-9H2. The number of aromatic nitrogens is 3. The van der Waals surface area contributed by atoms with Gasteiger partial charge >= 0.3 is 0 Å². The van der Waals surface area contributed by atoms with Gasteiger partial charge in [0.15, 0.2) is 0 Å². The second-order valence-corrected chi connectivity index (χ2v) is 4.81. The van der Waals surface area contributed by atoms with Crippen LogP contribution in [0.3, 0.4) is 0 Å². The van der Waals surface area contributed by atoms with Gasteiger partial charge in [-0.3, -0.25) is 9.69 Å². The lowest BCUT2D eigenvalue weighted by molar-refractivity contribution is -0.0626. The van der Waals surface area contributed by atoms with E-state index in [1.807, 2.05) is 17.0 Å². The summed E-state index contributed by atoms with van der Waals surface area (Å²) >= 11 is 0. The average Bonchev–Trinajstić information content (AvgIpc) is 2.50. The summed E-state index contributed by atoms with van der Waals surface area (Å²) in [6.07, 6.45) is -0.201. The maximum atomic E-state index is 12.3.